The maximum atomic E-state index is 11.4. The molecule has 0 bridgehead atoms. The van der Waals surface area contributed by atoms with Gasteiger partial charge in [0, 0.05) is 12.7 Å². The van der Waals surface area contributed by atoms with Gasteiger partial charge >= 0.3 is 5.69 Å². The van der Waals surface area contributed by atoms with E-state index in [2.05, 4.69) is 10.3 Å². The third kappa shape index (κ3) is 2.79. The number of hydrogen-bond donors (Lipinski definition) is 1. The van der Waals surface area contributed by atoms with Crippen LogP contribution in [0.1, 0.15) is 12.8 Å². The summed E-state index contributed by atoms with van der Waals surface area (Å²) in [6.45, 7) is 2.76. The second-order valence-electron chi connectivity index (χ2n) is 3.92. The number of rotatable bonds is 2. The molecular weight excluding hydrogens is 214 g/mol. The zero-order chi connectivity index (χ0) is 10.7. The SMILES string of the molecule is O=c1ncc(Cl)cn1CC1CCCNC1. The smallest absolute Gasteiger partial charge is 0.316 e. The van der Waals surface area contributed by atoms with Gasteiger partial charge in [0.15, 0.2) is 0 Å². The Bertz CT molecular complexity index is 384. The van der Waals surface area contributed by atoms with Crippen LogP contribution in [0.3, 0.4) is 0 Å². The molecular formula is C10H14ClN3O. The van der Waals surface area contributed by atoms with Gasteiger partial charge in [-0.05, 0) is 31.8 Å². The second kappa shape index (κ2) is 4.77. The van der Waals surface area contributed by atoms with Crippen molar-refractivity contribution in [3.63, 3.8) is 0 Å². The lowest BCUT2D eigenvalue weighted by Gasteiger charge is -2.23. The highest BCUT2D eigenvalue weighted by Gasteiger charge is 2.14. The van der Waals surface area contributed by atoms with Gasteiger partial charge in [0.05, 0.1) is 11.2 Å². The van der Waals surface area contributed by atoms with Gasteiger partial charge in [-0.2, -0.15) is 0 Å². The van der Waals surface area contributed by atoms with Gasteiger partial charge in [-0.1, -0.05) is 11.6 Å². The van der Waals surface area contributed by atoms with Crippen molar-refractivity contribution >= 4 is 11.6 Å². The average molecular weight is 228 g/mol. The fourth-order valence-corrected chi connectivity index (χ4v) is 2.08. The van der Waals surface area contributed by atoms with Gasteiger partial charge in [-0.3, -0.25) is 4.57 Å². The molecule has 1 aliphatic heterocycles. The number of aromatic nitrogens is 2. The van der Waals surface area contributed by atoms with Crippen LogP contribution in [0, 0.1) is 5.92 Å². The normalized spacial score (nSPS) is 21.5. The lowest BCUT2D eigenvalue weighted by molar-refractivity contribution is 0.332. The van der Waals surface area contributed by atoms with Crippen LogP contribution in [0.25, 0.3) is 0 Å². The van der Waals surface area contributed by atoms with Crippen LogP contribution in [-0.2, 0) is 6.54 Å². The molecule has 2 heterocycles. The second-order valence-corrected chi connectivity index (χ2v) is 4.36. The van der Waals surface area contributed by atoms with Crippen molar-refractivity contribution in [3.05, 3.63) is 27.9 Å². The zero-order valence-electron chi connectivity index (χ0n) is 8.45. The topological polar surface area (TPSA) is 46.9 Å². The highest BCUT2D eigenvalue weighted by molar-refractivity contribution is 6.30. The molecule has 0 aliphatic carbocycles. The summed E-state index contributed by atoms with van der Waals surface area (Å²) in [7, 11) is 0. The average Bonchev–Trinajstić information content (AvgIpc) is 2.25. The van der Waals surface area contributed by atoms with Crippen molar-refractivity contribution in [2.24, 2.45) is 5.92 Å². The van der Waals surface area contributed by atoms with Crippen molar-refractivity contribution in [3.8, 4) is 0 Å². The summed E-state index contributed by atoms with van der Waals surface area (Å²) in [5, 5.41) is 3.83. The van der Waals surface area contributed by atoms with Gasteiger partial charge in [-0.15, -0.1) is 0 Å². The van der Waals surface area contributed by atoms with Crippen LogP contribution in [0.15, 0.2) is 17.2 Å². The Balaban J connectivity index is 2.09. The van der Waals surface area contributed by atoms with E-state index in [9.17, 15) is 4.79 Å². The predicted octanol–water partition coefficient (Wildman–Crippen LogP) is 0.896. The largest absolute Gasteiger partial charge is 0.347 e. The summed E-state index contributed by atoms with van der Waals surface area (Å²) in [5.74, 6) is 0.511. The highest BCUT2D eigenvalue weighted by atomic mass is 35.5. The lowest BCUT2D eigenvalue weighted by atomic mass is 10.00. The van der Waals surface area contributed by atoms with E-state index in [1.165, 1.54) is 12.6 Å². The third-order valence-corrected chi connectivity index (χ3v) is 2.87. The quantitative estimate of drug-likeness (QED) is 0.817. The Hall–Kier alpha value is -0.870. The molecule has 0 amide bonds. The van der Waals surface area contributed by atoms with E-state index in [4.69, 9.17) is 11.6 Å². The molecule has 0 aromatic carbocycles. The summed E-state index contributed by atoms with van der Waals surface area (Å²) in [6.07, 6.45) is 5.38. The number of halogens is 1. The molecule has 1 fully saturated rings. The maximum Gasteiger partial charge on any atom is 0.347 e. The fraction of sp³-hybridized carbons (Fsp3) is 0.600. The summed E-state index contributed by atoms with van der Waals surface area (Å²) in [4.78, 5) is 15.1. The van der Waals surface area contributed by atoms with E-state index in [0.717, 1.165) is 19.5 Å². The third-order valence-electron chi connectivity index (χ3n) is 2.68. The molecule has 1 aliphatic rings. The zero-order valence-corrected chi connectivity index (χ0v) is 9.20. The Morgan fingerprint density at radius 2 is 2.53 bits per heavy atom. The predicted molar refractivity (Wildman–Crippen MR) is 59.1 cm³/mol. The van der Waals surface area contributed by atoms with Gasteiger partial charge in [0.2, 0.25) is 0 Å². The molecule has 15 heavy (non-hydrogen) atoms. The van der Waals surface area contributed by atoms with Crippen molar-refractivity contribution in [2.45, 2.75) is 19.4 Å². The summed E-state index contributed by atoms with van der Waals surface area (Å²) >= 11 is 5.80. The van der Waals surface area contributed by atoms with Crippen molar-refractivity contribution < 1.29 is 0 Å². The van der Waals surface area contributed by atoms with Crippen LogP contribution in [0.5, 0.6) is 0 Å². The van der Waals surface area contributed by atoms with Crippen molar-refractivity contribution in [2.75, 3.05) is 13.1 Å². The minimum Gasteiger partial charge on any atom is -0.316 e. The van der Waals surface area contributed by atoms with E-state index in [0.29, 0.717) is 17.5 Å². The number of hydrogen-bond acceptors (Lipinski definition) is 3. The maximum absolute atomic E-state index is 11.4. The summed E-state index contributed by atoms with van der Waals surface area (Å²) in [5.41, 5.74) is -0.218. The molecule has 1 aromatic heterocycles. The van der Waals surface area contributed by atoms with Gasteiger partial charge in [0.25, 0.3) is 0 Å². The molecule has 0 spiro atoms. The monoisotopic (exact) mass is 227 g/mol. The van der Waals surface area contributed by atoms with Gasteiger partial charge < -0.3 is 5.32 Å². The van der Waals surface area contributed by atoms with E-state index in [1.807, 2.05) is 0 Å². The molecule has 0 saturated carbocycles. The first-order valence-corrected chi connectivity index (χ1v) is 5.56. The fourth-order valence-electron chi connectivity index (χ4n) is 1.92. The van der Waals surface area contributed by atoms with Crippen molar-refractivity contribution in [1.82, 2.24) is 14.9 Å². The van der Waals surface area contributed by atoms with E-state index in [1.54, 1.807) is 10.8 Å². The lowest BCUT2D eigenvalue weighted by Crippen LogP contribution is -2.35. The molecule has 1 saturated heterocycles. The standard InChI is InChI=1S/C10H14ClN3O/c11-9-5-13-10(15)14(7-9)6-8-2-1-3-12-4-8/h5,7-8,12H,1-4,6H2. The van der Waals surface area contributed by atoms with Crippen LogP contribution in [-0.4, -0.2) is 22.6 Å². The Morgan fingerprint density at radius 1 is 1.67 bits per heavy atom. The summed E-state index contributed by atoms with van der Waals surface area (Å²) in [6, 6.07) is 0. The van der Waals surface area contributed by atoms with Crippen LogP contribution < -0.4 is 11.0 Å². The number of piperidine rings is 1. The van der Waals surface area contributed by atoms with Crippen LogP contribution in [0.4, 0.5) is 0 Å². The molecule has 4 nitrogen and oxygen atoms in total. The molecule has 0 radical (unpaired) electrons. The number of nitrogens with zero attached hydrogens (tertiary/aromatic N) is 2. The van der Waals surface area contributed by atoms with Crippen molar-refractivity contribution in [1.29, 1.82) is 0 Å². The molecule has 1 N–H and O–H groups in total. The molecule has 1 aromatic rings. The molecule has 82 valence electrons. The Morgan fingerprint density at radius 3 is 3.27 bits per heavy atom. The minimum atomic E-state index is -0.218. The first-order valence-electron chi connectivity index (χ1n) is 5.18. The van der Waals surface area contributed by atoms with E-state index < -0.39 is 0 Å². The molecule has 5 heteroatoms. The van der Waals surface area contributed by atoms with Crippen LogP contribution in [0.2, 0.25) is 5.02 Å². The number of nitrogens with one attached hydrogen (secondary N) is 1. The first kappa shape index (κ1) is 10.6. The molecule has 1 unspecified atom stereocenters. The van der Waals surface area contributed by atoms with E-state index >= 15 is 0 Å². The first-order chi connectivity index (χ1) is 7.25. The highest BCUT2D eigenvalue weighted by Crippen LogP contribution is 2.12. The van der Waals surface area contributed by atoms with Gasteiger partial charge in [-0.25, -0.2) is 9.78 Å². The Kier molecular flexibility index (Phi) is 3.38. The Labute approximate surface area is 93.3 Å². The van der Waals surface area contributed by atoms with E-state index in [-0.39, 0.29) is 5.69 Å². The minimum absolute atomic E-state index is 0.218. The summed E-state index contributed by atoms with van der Waals surface area (Å²) < 4.78 is 1.60. The van der Waals surface area contributed by atoms with Crippen LogP contribution >= 0.6 is 11.6 Å². The van der Waals surface area contributed by atoms with Gasteiger partial charge in [0.1, 0.15) is 0 Å². The molecule has 1 atom stereocenters. The molecule has 2 rings (SSSR count).